The summed E-state index contributed by atoms with van der Waals surface area (Å²) < 4.78 is 13.0. The van der Waals surface area contributed by atoms with E-state index >= 15 is 0 Å². The quantitative estimate of drug-likeness (QED) is 0.845. The van der Waals surface area contributed by atoms with Crippen molar-refractivity contribution in [3.63, 3.8) is 0 Å². The monoisotopic (exact) mass is 246 g/mol. The fourth-order valence-electron chi connectivity index (χ4n) is 1.72. The van der Waals surface area contributed by atoms with Crippen LogP contribution >= 0.6 is 11.6 Å². The summed E-state index contributed by atoms with van der Waals surface area (Å²) in [7, 11) is 3.69. The van der Waals surface area contributed by atoms with Crippen molar-refractivity contribution in [2.75, 3.05) is 20.7 Å². The van der Waals surface area contributed by atoms with E-state index in [-0.39, 0.29) is 17.7 Å². The topological polar surface area (TPSA) is 49.5 Å². The van der Waals surface area contributed by atoms with Crippen LogP contribution in [0.4, 0.5) is 4.39 Å². The largest absolute Gasteiger partial charge is 0.395 e. The van der Waals surface area contributed by atoms with E-state index in [1.165, 1.54) is 12.1 Å². The van der Waals surface area contributed by atoms with Crippen molar-refractivity contribution in [3.8, 4) is 0 Å². The second-order valence-corrected chi connectivity index (χ2v) is 4.34. The second kappa shape index (κ2) is 5.59. The Morgan fingerprint density at radius 2 is 2.12 bits per heavy atom. The first-order valence-corrected chi connectivity index (χ1v) is 5.33. The third-order valence-corrected chi connectivity index (χ3v) is 2.75. The lowest BCUT2D eigenvalue weighted by molar-refractivity contribution is 0.181. The Kier molecular flexibility index (Phi) is 4.68. The Balaban J connectivity index is 3.06. The molecule has 0 saturated carbocycles. The molecule has 0 radical (unpaired) electrons. The molecule has 0 saturated heterocycles. The molecule has 0 aromatic heterocycles. The van der Waals surface area contributed by atoms with Gasteiger partial charge in [-0.15, -0.1) is 0 Å². The number of aliphatic hydroxyl groups excluding tert-OH is 1. The Morgan fingerprint density at radius 1 is 1.50 bits per heavy atom. The minimum absolute atomic E-state index is 0.0643. The molecule has 2 unspecified atom stereocenters. The van der Waals surface area contributed by atoms with Crippen LogP contribution in [0.3, 0.4) is 0 Å². The van der Waals surface area contributed by atoms with Gasteiger partial charge in [-0.1, -0.05) is 17.7 Å². The van der Waals surface area contributed by atoms with Crippen molar-refractivity contribution in [2.24, 2.45) is 5.73 Å². The Labute approximate surface area is 99.6 Å². The van der Waals surface area contributed by atoms with Crippen molar-refractivity contribution in [2.45, 2.75) is 12.1 Å². The van der Waals surface area contributed by atoms with E-state index in [4.69, 9.17) is 22.4 Å². The van der Waals surface area contributed by atoms with Crippen LogP contribution in [0, 0.1) is 5.82 Å². The summed E-state index contributed by atoms with van der Waals surface area (Å²) in [4.78, 5) is 1.87. The van der Waals surface area contributed by atoms with Crippen LogP contribution in [0.5, 0.6) is 0 Å². The normalized spacial score (nSPS) is 15.2. The van der Waals surface area contributed by atoms with Gasteiger partial charge in [0.1, 0.15) is 5.82 Å². The molecule has 0 bridgehead atoms. The van der Waals surface area contributed by atoms with Gasteiger partial charge in [0.25, 0.3) is 0 Å². The Morgan fingerprint density at radius 3 is 2.56 bits per heavy atom. The minimum atomic E-state index is -0.458. The van der Waals surface area contributed by atoms with Crippen LogP contribution in [0.1, 0.15) is 11.6 Å². The summed E-state index contributed by atoms with van der Waals surface area (Å²) in [6.07, 6.45) is 0. The molecule has 0 heterocycles. The highest BCUT2D eigenvalue weighted by Gasteiger charge is 2.22. The molecule has 0 spiro atoms. The summed E-state index contributed by atoms with van der Waals surface area (Å²) in [5, 5.41) is 9.14. The Hall–Kier alpha value is -0.680. The molecule has 1 aromatic carbocycles. The highest BCUT2D eigenvalue weighted by molar-refractivity contribution is 6.30. The van der Waals surface area contributed by atoms with Crippen LogP contribution in [0.25, 0.3) is 0 Å². The summed E-state index contributed by atoms with van der Waals surface area (Å²) in [6, 6.07) is 3.84. The van der Waals surface area contributed by atoms with Crippen LogP contribution in [0.2, 0.25) is 5.02 Å². The summed E-state index contributed by atoms with van der Waals surface area (Å²) in [6.45, 7) is -0.141. The fourth-order valence-corrected chi connectivity index (χ4v) is 1.91. The zero-order valence-corrected chi connectivity index (χ0v) is 10.1. The third-order valence-electron chi connectivity index (χ3n) is 2.46. The molecule has 16 heavy (non-hydrogen) atoms. The molecule has 90 valence electrons. The molecule has 0 amide bonds. The van der Waals surface area contributed by atoms with E-state index in [0.717, 1.165) is 5.56 Å². The lowest BCUT2D eigenvalue weighted by Gasteiger charge is -2.29. The maximum atomic E-state index is 13.0. The average Bonchev–Trinajstić information content (AvgIpc) is 2.22. The number of hydrogen-bond acceptors (Lipinski definition) is 3. The van der Waals surface area contributed by atoms with Gasteiger partial charge in [0.05, 0.1) is 17.7 Å². The number of hydrogen-bond donors (Lipinski definition) is 2. The fraction of sp³-hybridized carbons (Fsp3) is 0.455. The first kappa shape index (κ1) is 13.4. The molecular formula is C11H16ClFN2O. The van der Waals surface area contributed by atoms with Gasteiger partial charge in [-0.3, -0.25) is 0 Å². The van der Waals surface area contributed by atoms with Crippen LogP contribution in [0.15, 0.2) is 18.2 Å². The molecule has 5 heteroatoms. The highest BCUT2D eigenvalue weighted by Crippen LogP contribution is 2.25. The van der Waals surface area contributed by atoms with Crippen molar-refractivity contribution >= 4 is 11.6 Å². The maximum Gasteiger partial charge on any atom is 0.141 e. The van der Waals surface area contributed by atoms with E-state index < -0.39 is 11.9 Å². The number of nitrogens with two attached hydrogens (primary N) is 1. The number of aliphatic hydroxyl groups is 1. The molecule has 0 aliphatic carbocycles. The van der Waals surface area contributed by atoms with Gasteiger partial charge in [0.2, 0.25) is 0 Å². The Bertz CT molecular complexity index is 360. The van der Waals surface area contributed by atoms with Gasteiger partial charge >= 0.3 is 0 Å². The number of halogens is 2. The number of likely N-dealkylation sites (N-methyl/N-ethyl adjacent to an activating group) is 1. The van der Waals surface area contributed by atoms with Crippen molar-refractivity contribution in [1.82, 2.24) is 4.90 Å². The number of rotatable bonds is 4. The van der Waals surface area contributed by atoms with E-state index in [1.54, 1.807) is 6.07 Å². The second-order valence-electron chi connectivity index (χ2n) is 3.93. The molecule has 0 aliphatic heterocycles. The average molecular weight is 247 g/mol. The number of benzene rings is 1. The smallest absolute Gasteiger partial charge is 0.141 e. The molecule has 1 rings (SSSR count). The molecule has 3 nitrogen and oxygen atoms in total. The SMILES string of the molecule is CN(C)C(c1ccc(F)c(Cl)c1)C(N)CO. The van der Waals surface area contributed by atoms with Gasteiger partial charge in [0, 0.05) is 6.04 Å². The zero-order valence-electron chi connectivity index (χ0n) is 9.32. The van der Waals surface area contributed by atoms with Gasteiger partial charge in [-0.2, -0.15) is 0 Å². The van der Waals surface area contributed by atoms with Crippen LogP contribution in [-0.4, -0.2) is 36.8 Å². The first-order chi connectivity index (χ1) is 7.47. The molecule has 0 fully saturated rings. The maximum absolute atomic E-state index is 13.0. The zero-order chi connectivity index (χ0) is 12.3. The van der Waals surface area contributed by atoms with Crippen LogP contribution < -0.4 is 5.73 Å². The summed E-state index contributed by atoms with van der Waals surface area (Å²) >= 11 is 5.71. The van der Waals surface area contributed by atoms with Crippen molar-refractivity contribution < 1.29 is 9.50 Å². The standard InChI is InChI=1S/C11H16ClFN2O/c1-15(2)11(10(14)6-16)7-3-4-9(13)8(12)5-7/h3-5,10-11,16H,6,14H2,1-2H3. The predicted octanol–water partition coefficient (Wildman–Crippen LogP) is 1.40. The van der Waals surface area contributed by atoms with E-state index in [0.29, 0.717) is 0 Å². The lowest BCUT2D eigenvalue weighted by Crippen LogP contribution is -2.39. The molecular weight excluding hydrogens is 231 g/mol. The summed E-state index contributed by atoms with van der Waals surface area (Å²) in [5.41, 5.74) is 6.60. The van der Waals surface area contributed by atoms with Crippen LogP contribution in [-0.2, 0) is 0 Å². The lowest BCUT2D eigenvalue weighted by atomic mass is 9.99. The van der Waals surface area contributed by atoms with E-state index in [1.807, 2.05) is 19.0 Å². The predicted molar refractivity (Wildman–Crippen MR) is 62.9 cm³/mol. The minimum Gasteiger partial charge on any atom is -0.395 e. The summed E-state index contributed by atoms with van der Waals surface area (Å²) in [5.74, 6) is -0.458. The molecule has 3 N–H and O–H groups in total. The molecule has 2 atom stereocenters. The van der Waals surface area contributed by atoms with E-state index in [9.17, 15) is 4.39 Å². The van der Waals surface area contributed by atoms with Crippen molar-refractivity contribution in [3.05, 3.63) is 34.6 Å². The van der Waals surface area contributed by atoms with E-state index in [2.05, 4.69) is 0 Å². The van der Waals surface area contributed by atoms with Crippen molar-refractivity contribution in [1.29, 1.82) is 0 Å². The third kappa shape index (κ3) is 2.92. The molecule has 1 aromatic rings. The first-order valence-electron chi connectivity index (χ1n) is 4.95. The molecule has 0 aliphatic rings. The van der Waals surface area contributed by atoms with Gasteiger partial charge in [0.15, 0.2) is 0 Å². The van der Waals surface area contributed by atoms with Gasteiger partial charge in [-0.25, -0.2) is 4.39 Å². The number of nitrogens with zero attached hydrogens (tertiary/aromatic N) is 1. The highest BCUT2D eigenvalue weighted by atomic mass is 35.5. The van der Waals surface area contributed by atoms with Gasteiger partial charge < -0.3 is 15.7 Å². The van der Waals surface area contributed by atoms with Gasteiger partial charge in [-0.05, 0) is 31.8 Å².